The van der Waals surface area contributed by atoms with Gasteiger partial charge in [0.2, 0.25) is 0 Å². The van der Waals surface area contributed by atoms with Gasteiger partial charge in [-0.1, -0.05) is 30.5 Å². The highest BCUT2D eigenvalue weighted by Crippen LogP contribution is 2.28. The highest BCUT2D eigenvalue weighted by molar-refractivity contribution is 7.81. The molecule has 2 heterocycles. The molecule has 7 heteroatoms. The Morgan fingerprint density at radius 2 is 2.17 bits per heavy atom. The second-order valence-electron chi connectivity index (χ2n) is 3.68. The Hall–Kier alpha value is -1.53. The summed E-state index contributed by atoms with van der Waals surface area (Å²) in [5.74, 6) is 1.03. The fourth-order valence-electron chi connectivity index (χ4n) is 1.45. The number of nitrogen functional groups attached to an aromatic ring is 1. The fraction of sp³-hybridized carbons (Fsp3) is 0.182. The van der Waals surface area contributed by atoms with Crippen LogP contribution in [0.3, 0.4) is 0 Å². The lowest BCUT2D eigenvalue weighted by Gasteiger charge is -2.18. The minimum Gasteiger partial charge on any atom is -0.393 e. The van der Waals surface area contributed by atoms with E-state index in [-0.39, 0.29) is 5.15 Å². The molecule has 18 heavy (non-hydrogen) atoms. The average molecular weight is 282 g/mol. The van der Waals surface area contributed by atoms with Crippen LogP contribution in [0.2, 0.25) is 5.15 Å². The molecule has 0 saturated heterocycles. The van der Waals surface area contributed by atoms with E-state index in [9.17, 15) is 0 Å². The second kappa shape index (κ2) is 5.41. The highest BCUT2D eigenvalue weighted by atomic mass is 35.5. The molecule has 0 aromatic carbocycles. The van der Waals surface area contributed by atoms with Gasteiger partial charge in [0.1, 0.15) is 11.5 Å². The Bertz CT molecular complexity index is 549. The number of anilines is 2. The SMILES string of the molecule is Cc1nc(Cl)c(N)c(N(S)Cc2ccccn2)n1. The van der Waals surface area contributed by atoms with Crippen LogP contribution in [0.25, 0.3) is 0 Å². The number of nitrogens with zero attached hydrogens (tertiary/aromatic N) is 4. The maximum atomic E-state index is 5.91. The lowest BCUT2D eigenvalue weighted by Crippen LogP contribution is -2.15. The van der Waals surface area contributed by atoms with Crippen LogP contribution in [-0.2, 0) is 6.54 Å². The van der Waals surface area contributed by atoms with E-state index in [1.54, 1.807) is 17.4 Å². The van der Waals surface area contributed by atoms with Crippen molar-refractivity contribution in [1.29, 1.82) is 0 Å². The molecule has 0 aliphatic carbocycles. The van der Waals surface area contributed by atoms with E-state index in [1.165, 1.54) is 0 Å². The maximum Gasteiger partial charge on any atom is 0.167 e. The number of halogens is 1. The third kappa shape index (κ3) is 2.83. The van der Waals surface area contributed by atoms with Gasteiger partial charge < -0.3 is 5.73 Å². The summed E-state index contributed by atoms with van der Waals surface area (Å²) in [6.45, 7) is 2.22. The summed E-state index contributed by atoms with van der Waals surface area (Å²) >= 11 is 10.3. The first-order valence-electron chi connectivity index (χ1n) is 5.24. The zero-order chi connectivity index (χ0) is 13.1. The molecule has 0 amide bonds. The van der Waals surface area contributed by atoms with Crippen LogP contribution in [0.15, 0.2) is 24.4 Å². The summed E-state index contributed by atoms with van der Waals surface area (Å²) in [6.07, 6.45) is 1.72. The molecule has 0 saturated carbocycles. The summed E-state index contributed by atoms with van der Waals surface area (Å²) in [5.41, 5.74) is 7.01. The predicted molar refractivity (Wildman–Crippen MR) is 75.6 cm³/mol. The highest BCUT2D eigenvalue weighted by Gasteiger charge is 2.14. The second-order valence-corrected chi connectivity index (χ2v) is 4.52. The van der Waals surface area contributed by atoms with Crippen molar-refractivity contribution in [2.75, 3.05) is 10.0 Å². The molecule has 2 rings (SSSR count). The summed E-state index contributed by atoms with van der Waals surface area (Å²) in [6, 6.07) is 5.66. The first kappa shape index (κ1) is 12.9. The van der Waals surface area contributed by atoms with Crippen molar-refractivity contribution in [3.63, 3.8) is 0 Å². The van der Waals surface area contributed by atoms with Gasteiger partial charge in [-0.05, 0) is 19.1 Å². The number of nitrogens with two attached hydrogens (primary N) is 1. The molecule has 0 aliphatic rings. The van der Waals surface area contributed by atoms with Gasteiger partial charge in [0.25, 0.3) is 0 Å². The molecule has 0 unspecified atom stereocenters. The van der Waals surface area contributed by atoms with E-state index in [2.05, 4.69) is 27.8 Å². The summed E-state index contributed by atoms with van der Waals surface area (Å²) in [7, 11) is 0. The third-order valence-electron chi connectivity index (χ3n) is 2.27. The van der Waals surface area contributed by atoms with Gasteiger partial charge >= 0.3 is 0 Å². The molecule has 0 radical (unpaired) electrons. The molecular formula is C11H12ClN5S. The van der Waals surface area contributed by atoms with E-state index >= 15 is 0 Å². The molecule has 94 valence electrons. The molecular weight excluding hydrogens is 270 g/mol. The number of rotatable bonds is 3. The van der Waals surface area contributed by atoms with Crippen LogP contribution in [0.4, 0.5) is 11.5 Å². The van der Waals surface area contributed by atoms with Crippen molar-refractivity contribution >= 4 is 35.9 Å². The molecule has 2 aromatic heterocycles. The van der Waals surface area contributed by atoms with E-state index in [4.69, 9.17) is 17.3 Å². The average Bonchev–Trinajstić information content (AvgIpc) is 2.35. The molecule has 2 aromatic rings. The van der Waals surface area contributed by atoms with E-state index in [1.807, 2.05) is 18.2 Å². The normalized spacial score (nSPS) is 10.4. The molecule has 2 N–H and O–H groups in total. The van der Waals surface area contributed by atoms with Gasteiger partial charge in [0, 0.05) is 6.20 Å². The number of hydrogen-bond acceptors (Lipinski definition) is 6. The monoisotopic (exact) mass is 281 g/mol. The smallest absolute Gasteiger partial charge is 0.167 e. The summed E-state index contributed by atoms with van der Waals surface area (Å²) < 4.78 is 1.60. The van der Waals surface area contributed by atoms with E-state index < -0.39 is 0 Å². The van der Waals surface area contributed by atoms with Crippen LogP contribution < -0.4 is 10.0 Å². The lowest BCUT2D eigenvalue weighted by molar-refractivity contribution is 0.948. The van der Waals surface area contributed by atoms with Gasteiger partial charge in [-0.15, -0.1) is 0 Å². The van der Waals surface area contributed by atoms with Gasteiger partial charge in [-0.2, -0.15) is 0 Å². The van der Waals surface area contributed by atoms with Crippen LogP contribution in [0.5, 0.6) is 0 Å². The quantitative estimate of drug-likeness (QED) is 0.667. The number of thiol groups is 1. The lowest BCUT2D eigenvalue weighted by atomic mass is 10.3. The van der Waals surface area contributed by atoms with E-state index in [0.29, 0.717) is 23.9 Å². The van der Waals surface area contributed by atoms with Gasteiger partial charge in [0.15, 0.2) is 11.0 Å². The first-order chi connectivity index (χ1) is 8.58. The first-order valence-corrected chi connectivity index (χ1v) is 6.01. The van der Waals surface area contributed by atoms with Crippen LogP contribution in [-0.4, -0.2) is 15.0 Å². The van der Waals surface area contributed by atoms with Crippen molar-refractivity contribution < 1.29 is 0 Å². The third-order valence-corrected chi connectivity index (χ3v) is 2.89. The molecule has 0 fully saturated rings. The number of aromatic nitrogens is 3. The van der Waals surface area contributed by atoms with Crippen LogP contribution in [0, 0.1) is 6.92 Å². The van der Waals surface area contributed by atoms with Gasteiger partial charge in [-0.25, -0.2) is 9.97 Å². The minimum atomic E-state index is 0.234. The maximum absolute atomic E-state index is 5.91. The van der Waals surface area contributed by atoms with Gasteiger partial charge in [-0.3, -0.25) is 9.29 Å². The molecule has 0 aliphatic heterocycles. The van der Waals surface area contributed by atoms with Crippen molar-refractivity contribution in [2.24, 2.45) is 0 Å². The predicted octanol–water partition coefficient (Wildman–Crippen LogP) is 2.27. The van der Waals surface area contributed by atoms with Crippen LogP contribution >= 0.6 is 24.4 Å². The molecule has 0 bridgehead atoms. The fourth-order valence-corrected chi connectivity index (χ4v) is 1.95. The molecule has 0 atom stereocenters. The summed E-state index contributed by atoms with van der Waals surface area (Å²) in [4.78, 5) is 12.4. The zero-order valence-electron chi connectivity index (χ0n) is 9.71. The van der Waals surface area contributed by atoms with E-state index in [0.717, 1.165) is 5.69 Å². The topological polar surface area (TPSA) is 67.9 Å². The number of hydrogen-bond donors (Lipinski definition) is 2. The van der Waals surface area contributed by atoms with Crippen molar-refractivity contribution in [3.05, 3.63) is 41.1 Å². The Morgan fingerprint density at radius 1 is 1.39 bits per heavy atom. The van der Waals surface area contributed by atoms with Crippen molar-refractivity contribution in [3.8, 4) is 0 Å². The number of aryl methyl sites for hydroxylation is 1. The Balaban J connectivity index is 2.26. The largest absolute Gasteiger partial charge is 0.393 e. The Morgan fingerprint density at radius 3 is 2.83 bits per heavy atom. The minimum absolute atomic E-state index is 0.234. The Kier molecular flexibility index (Phi) is 3.88. The molecule has 5 nitrogen and oxygen atoms in total. The van der Waals surface area contributed by atoms with Crippen molar-refractivity contribution in [2.45, 2.75) is 13.5 Å². The zero-order valence-corrected chi connectivity index (χ0v) is 11.4. The van der Waals surface area contributed by atoms with Crippen molar-refractivity contribution in [1.82, 2.24) is 15.0 Å². The van der Waals surface area contributed by atoms with Gasteiger partial charge in [0.05, 0.1) is 12.2 Å². The summed E-state index contributed by atoms with van der Waals surface area (Å²) in [5, 5.41) is 0.234. The number of pyridine rings is 1. The molecule has 0 spiro atoms. The standard InChI is InChI=1S/C11H12ClN5S/c1-7-15-10(12)9(13)11(16-7)17(18)6-8-4-2-3-5-14-8/h2-5,18H,6,13H2,1H3. The Labute approximate surface area is 116 Å². The van der Waals surface area contributed by atoms with Crippen LogP contribution in [0.1, 0.15) is 11.5 Å².